The number of aromatic nitrogens is 1. The number of hydrogen-bond donors (Lipinski definition) is 3. The number of furan rings is 1. The largest absolute Gasteiger partial charge is 0.497 e. The average molecular weight is 559 g/mol. The van der Waals surface area contributed by atoms with Crippen LogP contribution in [0.15, 0.2) is 58.1 Å². The fraction of sp³-hybridized carbons (Fsp3) is 0.444. The summed E-state index contributed by atoms with van der Waals surface area (Å²) in [6.07, 6.45) is 1.41. The summed E-state index contributed by atoms with van der Waals surface area (Å²) < 4.78 is 38.1. The van der Waals surface area contributed by atoms with Gasteiger partial charge in [-0.2, -0.15) is 4.31 Å². The third kappa shape index (κ3) is 6.75. The molecule has 1 saturated heterocycles. The topological polar surface area (TPSA) is 151 Å². The predicted molar refractivity (Wildman–Crippen MR) is 144 cm³/mol. The van der Waals surface area contributed by atoms with Crippen molar-refractivity contribution in [1.82, 2.24) is 19.9 Å². The second-order valence-corrected chi connectivity index (χ2v) is 11.9. The van der Waals surface area contributed by atoms with E-state index in [9.17, 15) is 23.1 Å². The number of sulfonamides is 1. The van der Waals surface area contributed by atoms with Crippen molar-refractivity contribution in [2.24, 2.45) is 5.92 Å². The molecule has 12 heteroatoms. The molecular weight excluding hydrogens is 524 g/mol. The highest BCUT2D eigenvalue weighted by molar-refractivity contribution is 7.89. The second kappa shape index (κ2) is 12.1. The zero-order valence-corrected chi connectivity index (χ0v) is 23.0. The number of ether oxygens (including phenoxy) is 1. The molecule has 3 atom stereocenters. The van der Waals surface area contributed by atoms with Gasteiger partial charge in [0.1, 0.15) is 17.4 Å². The van der Waals surface area contributed by atoms with Crippen LogP contribution >= 0.6 is 0 Å². The minimum Gasteiger partial charge on any atom is -0.497 e. The Labute approximate surface area is 227 Å². The standard InChI is InChI=1S/C27H34N4O7S/c1-17(2)13-21(30-27(34)24-15-18-14-19(37-3)9-10-23(18)38-24)26(33)29-20-7-6-12-31(16-22(20)32)39(35,36)25-8-4-5-11-28-25/h4-5,8-11,14-15,17,20-22,32H,6-7,12-13,16H2,1-3H3,(H,29,33)(H,30,34). The molecule has 1 fully saturated rings. The molecule has 4 rings (SSSR count). The molecule has 1 aromatic carbocycles. The molecule has 0 radical (unpaired) electrons. The zero-order chi connectivity index (χ0) is 28.2. The Kier molecular flexibility index (Phi) is 8.88. The van der Waals surface area contributed by atoms with E-state index in [1.165, 1.54) is 16.6 Å². The van der Waals surface area contributed by atoms with Crippen LogP contribution in [0.5, 0.6) is 5.75 Å². The summed E-state index contributed by atoms with van der Waals surface area (Å²) in [7, 11) is -2.34. The number of nitrogens with one attached hydrogen (secondary N) is 2. The first-order valence-electron chi connectivity index (χ1n) is 12.9. The molecule has 0 aliphatic carbocycles. The fourth-order valence-electron chi connectivity index (χ4n) is 4.60. The van der Waals surface area contributed by atoms with Crippen molar-refractivity contribution in [3.8, 4) is 5.75 Å². The molecular formula is C27H34N4O7S. The number of rotatable bonds is 9. The molecule has 2 aromatic heterocycles. The van der Waals surface area contributed by atoms with Crippen LogP contribution < -0.4 is 15.4 Å². The van der Waals surface area contributed by atoms with Gasteiger partial charge < -0.3 is 24.9 Å². The van der Waals surface area contributed by atoms with Gasteiger partial charge in [-0.15, -0.1) is 0 Å². The summed E-state index contributed by atoms with van der Waals surface area (Å²) in [4.78, 5) is 30.3. The Morgan fingerprint density at radius 3 is 2.72 bits per heavy atom. The molecule has 3 aromatic rings. The number of β-amino-alcohol motifs (C(OH)–C–C–N with tert-alkyl or cyclic N) is 1. The van der Waals surface area contributed by atoms with E-state index >= 15 is 0 Å². The first-order chi connectivity index (χ1) is 18.6. The first kappa shape index (κ1) is 28.5. The number of aliphatic hydroxyl groups is 1. The number of benzene rings is 1. The lowest BCUT2D eigenvalue weighted by atomic mass is 10.0. The van der Waals surface area contributed by atoms with Gasteiger partial charge in [0.15, 0.2) is 10.8 Å². The molecule has 2 amide bonds. The average Bonchev–Trinajstić information content (AvgIpc) is 3.26. The van der Waals surface area contributed by atoms with Gasteiger partial charge in [0.05, 0.1) is 19.3 Å². The molecule has 3 unspecified atom stereocenters. The Morgan fingerprint density at radius 1 is 1.23 bits per heavy atom. The summed E-state index contributed by atoms with van der Waals surface area (Å²) in [5, 5.41) is 17.1. The monoisotopic (exact) mass is 558 g/mol. The number of aliphatic hydroxyl groups excluding tert-OH is 1. The quantitative estimate of drug-likeness (QED) is 0.362. The summed E-state index contributed by atoms with van der Waals surface area (Å²) in [5.41, 5.74) is 0.512. The number of pyridine rings is 1. The molecule has 0 spiro atoms. The Hall–Kier alpha value is -3.48. The van der Waals surface area contributed by atoms with Crippen LogP contribution in [0, 0.1) is 5.92 Å². The van der Waals surface area contributed by atoms with E-state index in [4.69, 9.17) is 9.15 Å². The van der Waals surface area contributed by atoms with Crippen LogP contribution in [0.3, 0.4) is 0 Å². The van der Waals surface area contributed by atoms with Gasteiger partial charge in [-0.05, 0) is 61.6 Å². The van der Waals surface area contributed by atoms with Gasteiger partial charge in [0, 0.05) is 24.7 Å². The van der Waals surface area contributed by atoms with E-state index in [0.717, 1.165) is 0 Å². The number of amides is 2. The van der Waals surface area contributed by atoms with E-state index in [1.807, 2.05) is 13.8 Å². The first-order valence-corrected chi connectivity index (χ1v) is 14.3. The number of hydrogen-bond acceptors (Lipinski definition) is 8. The Morgan fingerprint density at radius 2 is 2.03 bits per heavy atom. The highest BCUT2D eigenvalue weighted by Crippen LogP contribution is 2.25. The lowest BCUT2D eigenvalue weighted by Crippen LogP contribution is -2.54. The van der Waals surface area contributed by atoms with Crippen LogP contribution in [-0.4, -0.2) is 73.0 Å². The smallest absolute Gasteiger partial charge is 0.287 e. The molecule has 0 bridgehead atoms. The van der Waals surface area contributed by atoms with E-state index in [0.29, 0.717) is 36.0 Å². The molecule has 39 heavy (non-hydrogen) atoms. The molecule has 210 valence electrons. The summed E-state index contributed by atoms with van der Waals surface area (Å²) >= 11 is 0. The van der Waals surface area contributed by atoms with Crippen molar-refractivity contribution in [2.45, 2.75) is 56.3 Å². The number of carbonyl (C=O) groups is 2. The van der Waals surface area contributed by atoms with Crippen LogP contribution in [-0.2, 0) is 14.8 Å². The Bertz CT molecular complexity index is 1410. The van der Waals surface area contributed by atoms with Gasteiger partial charge in [-0.25, -0.2) is 13.4 Å². The van der Waals surface area contributed by atoms with Gasteiger partial charge in [-0.3, -0.25) is 9.59 Å². The Balaban J connectivity index is 1.44. The summed E-state index contributed by atoms with van der Waals surface area (Å²) in [6, 6.07) is 9.81. The molecule has 11 nitrogen and oxygen atoms in total. The van der Waals surface area contributed by atoms with E-state index in [1.54, 1.807) is 43.5 Å². The second-order valence-electron chi connectivity index (χ2n) is 10.0. The minimum absolute atomic E-state index is 0.0599. The van der Waals surface area contributed by atoms with Gasteiger partial charge in [-0.1, -0.05) is 19.9 Å². The van der Waals surface area contributed by atoms with Gasteiger partial charge in [0.2, 0.25) is 5.91 Å². The van der Waals surface area contributed by atoms with Crippen molar-refractivity contribution in [3.05, 3.63) is 54.4 Å². The SMILES string of the molecule is COc1ccc2oc(C(=O)NC(CC(C)C)C(=O)NC3CCCN(S(=O)(=O)c4ccccn4)CC3O)cc2c1. The maximum Gasteiger partial charge on any atom is 0.287 e. The highest BCUT2D eigenvalue weighted by atomic mass is 32.2. The van der Waals surface area contributed by atoms with E-state index in [-0.39, 0.29) is 29.8 Å². The minimum atomic E-state index is -3.89. The normalized spacial score (nSPS) is 19.4. The maximum absolute atomic E-state index is 13.3. The molecule has 1 aliphatic heterocycles. The molecule has 1 aliphatic rings. The lowest BCUT2D eigenvalue weighted by molar-refractivity contribution is -0.125. The summed E-state index contributed by atoms with van der Waals surface area (Å²) in [5.74, 6) is -0.232. The summed E-state index contributed by atoms with van der Waals surface area (Å²) in [6.45, 7) is 3.86. The van der Waals surface area contributed by atoms with Crippen molar-refractivity contribution in [1.29, 1.82) is 0 Å². The molecule has 0 saturated carbocycles. The molecule has 3 N–H and O–H groups in total. The van der Waals surface area contributed by atoms with Crippen molar-refractivity contribution >= 4 is 32.8 Å². The van der Waals surface area contributed by atoms with Gasteiger partial charge >= 0.3 is 0 Å². The number of nitrogens with zero attached hydrogens (tertiary/aromatic N) is 2. The van der Waals surface area contributed by atoms with Crippen molar-refractivity contribution in [3.63, 3.8) is 0 Å². The lowest BCUT2D eigenvalue weighted by Gasteiger charge is -2.27. The third-order valence-electron chi connectivity index (χ3n) is 6.62. The number of fused-ring (bicyclic) bond motifs is 1. The number of carbonyl (C=O) groups excluding carboxylic acids is 2. The van der Waals surface area contributed by atoms with Crippen LogP contribution in [0.2, 0.25) is 0 Å². The highest BCUT2D eigenvalue weighted by Gasteiger charge is 2.35. The van der Waals surface area contributed by atoms with Crippen molar-refractivity contribution < 1.29 is 32.3 Å². The van der Waals surface area contributed by atoms with Crippen molar-refractivity contribution in [2.75, 3.05) is 20.2 Å². The fourth-order valence-corrected chi connectivity index (χ4v) is 6.03. The predicted octanol–water partition coefficient (Wildman–Crippen LogP) is 2.31. The third-order valence-corrected chi connectivity index (χ3v) is 8.41. The number of methoxy groups -OCH3 is 1. The zero-order valence-electron chi connectivity index (χ0n) is 22.2. The maximum atomic E-state index is 13.3. The van der Waals surface area contributed by atoms with E-state index < -0.39 is 40.0 Å². The van der Waals surface area contributed by atoms with E-state index in [2.05, 4.69) is 15.6 Å². The van der Waals surface area contributed by atoms with Crippen LogP contribution in [0.4, 0.5) is 0 Å². The molecule has 3 heterocycles. The van der Waals surface area contributed by atoms with Gasteiger partial charge in [0.25, 0.3) is 15.9 Å². The van der Waals surface area contributed by atoms with Crippen LogP contribution in [0.25, 0.3) is 11.0 Å². The van der Waals surface area contributed by atoms with Crippen LogP contribution in [0.1, 0.15) is 43.7 Å².